The maximum absolute atomic E-state index is 12.5. The van der Waals surface area contributed by atoms with Gasteiger partial charge in [0.25, 0.3) is 0 Å². The van der Waals surface area contributed by atoms with E-state index in [0.29, 0.717) is 19.2 Å². The molecule has 1 aromatic carbocycles. The Kier molecular flexibility index (Phi) is 6.05. The van der Waals surface area contributed by atoms with Gasteiger partial charge in [0.05, 0.1) is 26.2 Å². The van der Waals surface area contributed by atoms with Crippen LogP contribution in [0.5, 0.6) is 0 Å². The van der Waals surface area contributed by atoms with Gasteiger partial charge in [-0.1, -0.05) is 30.3 Å². The molecule has 0 spiro atoms. The Balaban J connectivity index is 1.50. The first kappa shape index (κ1) is 17.6. The molecule has 3 rings (SSSR count). The number of quaternary nitrogens is 1. The first-order chi connectivity index (χ1) is 11.6. The lowest BCUT2D eigenvalue weighted by atomic mass is 10.1. The molecule has 0 unspecified atom stereocenters. The van der Waals surface area contributed by atoms with Gasteiger partial charge in [-0.05, 0) is 30.9 Å². The fraction of sp³-hybridized carbons (Fsp3) is 0.556. The lowest BCUT2D eigenvalue weighted by Gasteiger charge is -2.33. The van der Waals surface area contributed by atoms with Crippen molar-refractivity contribution in [3.63, 3.8) is 0 Å². The third kappa shape index (κ3) is 4.89. The summed E-state index contributed by atoms with van der Waals surface area (Å²) in [4.78, 5) is 1.46. The van der Waals surface area contributed by atoms with Crippen molar-refractivity contribution in [2.24, 2.45) is 0 Å². The fourth-order valence-electron chi connectivity index (χ4n) is 3.37. The highest BCUT2D eigenvalue weighted by molar-refractivity contribution is 7.92. The third-order valence-electron chi connectivity index (χ3n) is 4.81. The highest BCUT2D eigenvalue weighted by Gasteiger charge is 2.29. The Hall–Kier alpha value is -1.21. The number of hydrogen-bond donors (Lipinski definition) is 1. The normalized spacial score (nSPS) is 24.4. The summed E-state index contributed by atoms with van der Waals surface area (Å²) < 4.78 is 32.3. The average molecular weight is 351 g/mol. The van der Waals surface area contributed by atoms with Crippen molar-refractivity contribution in [3.05, 3.63) is 41.3 Å². The molecule has 0 amide bonds. The lowest BCUT2D eigenvalue weighted by molar-refractivity contribution is -0.907. The van der Waals surface area contributed by atoms with Gasteiger partial charge in [0.2, 0.25) is 10.0 Å². The zero-order chi connectivity index (χ0) is 16.8. The minimum atomic E-state index is -3.33. The second kappa shape index (κ2) is 8.25. The van der Waals surface area contributed by atoms with Crippen LogP contribution in [0.25, 0.3) is 6.08 Å². The summed E-state index contributed by atoms with van der Waals surface area (Å²) in [5.74, 6) is 0. The molecule has 1 N–H and O–H groups in total. The summed E-state index contributed by atoms with van der Waals surface area (Å²) >= 11 is 0. The second-order valence-corrected chi connectivity index (χ2v) is 8.42. The molecule has 0 radical (unpaired) electrons. The standard InChI is InChI=1S/C18H26N2O3S/c21-24(22,15-9-17-6-2-1-3-7-17)20-12-10-19(11-13-20)16-18-8-4-5-14-23-18/h1-3,6-7,9,15,18H,4-5,8,10-14,16H2/p+1/b15-9+/t18-/m1/s1. The molecule has 24 heavy (non-hydrogen) atoms. The van der Waals surface area contributed by atoms with E-state index in [4.69, 9.17) is 4.74 Å². The molecular weight excluding hydrogens is 324 g/mol. The Bertz CT molecular complexity index is 631. The number of nitrogens with one attached hydrogen (secondary N) is 1. The van der Waals surface area contributed by atoms with Crippen molar-refractivity contribution in [1.82, 2.24) is 4.31 Å². The Labute approximate surface area is 145 Å². The number of ether oxygens (including phenoxy) is 1. The maximum Gasteiger partial charge on any atom is 0.236 e. The highest BCUT2D eigenvalue weighted by atomic mass is 32.2. The Morgan fingerprint density at radius 1 is 1.17 bits per heavy atom. The molecule has 2 aliphatic heterocycles. The number of nitrogens with zero attached hydrogens (tertiary/aromatic N) is 1. The average Bonchev–Trinajstić information content (AvgIpc) is 2.62. The van der Waals surface area contributed by atoms with Crippen LogP contribution >= 0.6 is 0 Å². The molecule has 132 valence electrons. The molecule has 2 aliphatic rings. The second-order valence-electron chi connectivity index (χ2n) is 6.60. The summed E-state index contributed by atoms with van der Waals surface area (Å²) in [5.41, 5.74) is 0.903. The summed E-state index contributed by atoms with van der Waals surface area (Å²) in [6.07, 6.45) is 5.60. The van der Waals surface area contributed by atoms with Crippen LogP contribution in [0.15, 0.2) is 35.7 Å². The molecule has 2 saturated heterocycles. The van der Waals surface area contributed by atoms with Crippen LogP contribution in [0.3, 0.4) is 0 Å². The van der Waals surface area contributed by atoms with Gasteiger partial charge in [0.1, 0.15) is 12.6 Å². The monoisotopic (exact) mass is 351 g/mol. The first-order valence-corrected chi connectivity index (χ1v) is 10.3. The predicted octanol–water partition coefficient (Wildman–Crippen LogP) is 0.757. The van der Waals surface area contributed by atoms with Crippen LogP contribution in [0.4, 0.5) is 0 Å². The zero-order valence-corrected chi connectivity index (χ0v) is 14.9. The molecule has 1 atom stereocenters. The van der Waals surface area contributed by atoms with Crippen molar-refractivity contribution >= 4 is 16.1 Å². The minimum absolute atomic E-state index is 0.356. The quantitative estimate of drug-likeness (QED) is 0.852. The first-order valence-electron chi connectivity index (χ1n) is 8.82. The molecule has 6 heteroatoms. The number of benzene rings is 1. The van der Waals surface area contributed by atoms with Crippen LogP contribution < -0.4 is 4.90 Å². The predicted molar refractivity (Wildman–Crippen MR) is 95.1 cm³/mol. The SMILES string of the molecule is O=S(=O)(/C=C/c1ccccc1)N1CC[NH+](C[C@H]2CCCCO2)CC1. The largest absolute Gasteiger partial charge is 0.372 e. The summed E-state index contributed by atoms with van der Waals surface area (Å²) in [5, 5.41) is 1.33. The number of sulfonamides is 1. The van der Waals surface area contributed by atoms with Gasteiger partial charge in [0, 0.05) is 12.0 Å². The smallest absolute Gasteiger partial charge is 0.236 e. The topological polar surface area (TPSA) is 51.0 Å². The maximum atomic E-state index is 12.5. The van der Waals surface area contributed by atoms with Gasteiger partial charge >= 0.3 is 0 Å². The Morgan fingerprint density at radius 2 is 1.92 bits per heavy atom. The molecule has 5 nitrogen and oxygen atoms in total. The third-order valence-corrected chi connectivity index (χ3v) is 6.38. The van der Waals surface area contributed by atoms with Crippen molar-refractivity contribution in [3.8, 4) is 0 Å². The van der Waals surface area contributed by atoms with Gasteiger partial charge in [0.15, 0.2) is 0 Å². The van der Waals surface area contributed by atoms with E-state index in [1.54, 1.807) is 10.4 Å². The van der Waals surface area contributed by atoms with E-state index in [1.807, 2.05) is 30.3 Å². The summed E-state index contributed by atoms with van der Waals surface area (Å²) in [7, 11) is -3.33. The van der Waals surface area contributed by atoms with Gasteiger partial charge < -0.3 is 9.64 Å². The van der Waals surface area contributed by atoms with Crippen LogP contribution in [-0.2, 0) is 14.8 Å². The van der Waals surface area contributed by atoms with Crippen LogP contribution in [0, 0.1) is 0 Å². The molecule has 0 saturated carbocycles. The molecule has 2 fully saturated rings. The van der Waals surface area contributed by atoms with E-state index in [9.17, 15) is 8.42 Å². The molecule has 1 aromatic rings. The minimum Gasteiger partial charge on any atom is -0.372 e. The van der Waals surface area contributed by atoms with E-state index in [0.717, 1.165) is 38.2 Å². The van der Waals surface area contributed by atoms with Crippen molar-refractivity contribution < 1.29 is 18.1 Å². The van der Waals surface area contributed by atoms with Crippen LogP contribution in [0.2, 0.25) is 0 Å². The Morgan fingerprint density at radius 3 is 2.58 bits per heavy atom. The summed E-state index contributed by atoms with van der Waals surface area (Å²) in [6.45, 7) is 4.78. The summed E-state index contributed by atoms with van der Waals surface area (Å²) in [6, 6.07) is 9.53. The van der Waals surface area contributed by atoms with Gasteiger partial charge in [-0.15, -0.1) is 0 Å². The molecule has 0 aromatic heterocycles. The number of piperazine rings is 1. The fourth-order valence-corrected chi connectivity index (χ4v) is 4.56. The van der Waals surface area contributed by atoms with Crippen molar-refractivity contribution in [2.75, 3.05) is 39.3 Å². The van der Waals surface area contributed by atoms with E-state index in [2.05, 4.69) is 0 Å². The number of hydrogen-bond acceptors (Lipinski definition) is 3. The number of rotatable bonds is 5. The van der Waals surface area contributed by atoms with Crippen LogP contribution in [-0.4, -0.2) is 58.2 Å². The van der Waals surface area contributed by atoms with E-state index in [1.165, 1.54) is 23.1 Å². The van der Waals surface area contributed by atoms with E-state index >= 15 is 0 Å². The van der Waals surface area contributed by atoms with Gasteiger partial charge in [-0.2, -0.15) is 4.31 Å². The molecule has 0 aliphatic carbocycles. The van der Waals surface area contributed by atoms with Crippen molar-refractivity contribution in [2.45, 2.75) is 25.4 Å². The molecule has 2 heterocycles. The zero-order valence-electron chi connectivity index (χ0n) is 14.1. The van der Waals surface area contributed by atoms with E-state index in [-0.39, 0.29) is 0 Å². The highest BCUT2D eigenvalue weighted by Crippen LogP contribution is 2.11. The molecule has 0 bridgehead atoms. The molecular formula is C18H27N2O3S+. The van der Waals surface area contributed by atoms with Crippen molar-refractivity contribution in [1.29, 1.82) is 0 Å². The van der Waals surface area contributed by atoms with Gasteiger partial charge in [-0.3, -0.25) is 0 Å². The lowest BCUT2D eigenvalue weighted by Crippen LogP contribution is -3.15. The van der Waals surface area contributed by atoms with Gasteiger partial charge in [-0.25, -0.2) is 8.42 Å². The van der Waals surface area contributed by atoms with E-state index < -0.39 is 10.0 Å². The van der Waals surface area contributed by atoms with Crippen LogP contribution in [0.1, 0.15) is 24.8 Å².